The summed E-state index contributed by atoms with van der Waals surface area (Å²) in [6.07, 6.45) is 1.93. The molecule has 0 aliphatic heterocycles. The average molecular weight is 1700 g/mol. The standard InChI is InChI=1S/C21H36.3C17H28.C16H26.C13H20.C12H18.C11H16/c1-14(2)18-16(20(6,7)8)12-15(19(3,4)5)13-17(18)21(9,10)11;1-12(2)7-15-9-16(8-13(3)4)11-17(10-15)14(5)6;1-12(2)15-13(16(3,4)5)10-9-11-14(15)17(6,7)8;1-12(2)10-15-8-7-9-16(11-13(3)4)17(15)14(5)6;1-11(2)13-9-8-10-14(16(5,6)7)15(13)12(3)4;1-5-11-8-7-9-12(6-2)13(11)10(3)4;1-8(2)12-10(4)6-9(3)7-11(12)5;1-8(2)11-9(3)6-5-7-10(11)4/h12-14H,1-11H3;9-14H,7-8H2,1-6H3;9-12H,1-8H3;7-9,12-14H,10-11H2,1-6H3;8-12H,1-7H3;7-10H,5-6H2,1-4H3;6-8H,1-5H3;5-8H,1-4H3/i;;;;11D;5D2,6D2;3D3;. The number of aryl methyl sites for hydroxylation is 7. The molecule has 124 heavy (non-hydrogen) atoms. The zero-order valence-electron chi connectivity index (χ0n) is 98.5. The van der Waals surface area contributed by atoms with Crippen molar-refractivity contribution in [1.82, 2.24) is 0 Å². The van der Waals surface area contributed by atoms with Crippen molar-refractivity contribution in [1.29, 1.82) is 0 Å². The Morgan fingerprint density at radius 2 is 0.540 bits per heavy atom. The van der Waals surface area contributed by atoms with Gasteiger partial charge in [-0.1, -0.05) is 458 Å². The first-order valence-corrected chi connectivity index (χ1v) is 48.5. The maximum Gasteiger partial charge on any atom is 0.0347 e. The lowest BCUT2D eigenvalue weighted by Gasteiger charge is -2.35. The maximum absolute atomic E-state index is 8.31. The van der Waals surface area contributed by atoms with Gasteiger partial charge in [0.15, 0.2) is 0 Å². The van der Waals surface area contributed by atoms with Gasteiger partial charge in [-0.15, -0.1) is 0 Å². The largest absolute Gasteiger partial charge is 0.0625 e. The summed E-state index contributed by atoms with van der Waals surface area (Å²) in [5, 5.41) is 0. The summed E-state index contributed by atoms with van der Waals surface area (Å²) < 4.78 is 61.9. The molecule has 0 saturated heterocycles. The van der Waals surface area contributed by atoms with E-state index in [-0.39, 0.29) is 38.4 Å². The zero-order valence-corrected chi connectivity index (χ0v) is 90.5. The molecule has 0 unspecified atom stereocenters. The van der Waals surface area contributed by atoms with Crippen molar-refractivity contribution in [3.05, 3.63) is 278 Å². The molecule has 0 heterocycles. The first-order valence-electron chi connectivity index (χ1n) is 52.5. The van der Waals surface area contributed by atoms with Crippen LogP contribution in [-0.4, -0.2) is 0 Å². The summed E-state index contributed by atoms with van der Waals surface area (Å²) in [6.45, 7) is 109. The van der Waals surface area contributed by atoms with E-state index in [2.05, 4.69) is 394 Å². The van der Waals surface area contributed by atoms with Gasteiger partial charge in [-0.2, -0.15) is 0 Å². The number of hydrogen-bond donors (Lipinski definition) is 0. The molecule has 0 amide bonds. The van der Waals surface area contributed by atoms with Crippen LogP contribution in [-0.2, 0) is 70.9 Å². The van der Waals surface area contributed by atoms with Crippen LogP contribution < -0.4 is 0 Å². The predicted molar refractivity (Wildman–Crippen MR) is 567 cm³/mol. The van der Waals surface area contributed by atoms with E-state index in [9.17, 15) is 0 Å². The van der Waals surface area contributed by atoms with Gasteiger partial charge in [0.25, 0.3) is 0 Å². The third kappa shape index (κ3) is 38.2. The fourth-order valence-electron chi connectivity index (χ4n) is 17.9. The molecular weight excluding hydrogens is 1490 g/mol. The Hall–Kier alpha value is -6.24. The summed E-state index contributed by atoms with van der Waals surface area (Å²) in [7, 11) is 0. The highest BCUT2D eigenvalue weighted by Crippen LogP contribution is 2.43. The van der Waals surface area contributed by atoms with E-state index in [1.54, 1.807) is 58.1 Å². The minimum Gasteiger partial charge on any atom is -0.0625 e. The van der Waals surface area contributed by atoms with Crippen molar-refractivity contribution in [3.8, 4) is 0 Å². The van der Waals surface area contributed by atoms with Crippen LogP contribution in [0.4, 0.5) is 0 Å². The Labute approximate surface area is 785 Å². The monoisotopic (exact) mass is 1700 g/mol. The second kappa shape index (κ2) is 51.2. The van der Waals surface area contributed by atoms with Crippen LogP contribution in [0, 0.1) is 58.2 Å². The molecule has 0 atom stereocenters. The lowest BCUT2D eigenvalue weighted by Crippen LogP contribution is -2.24. The summed E-state index contributed by atoms with van der Waals surface area (Å²) in [5.74, 6) is 6.50. The van der Waals surface area contributed by atoms with Crippen molar-refractivity contribution in [2.24, 2.45) is 23.7 Å². The number of rotatable bonds is 19. The lowest BCUT2D eigenvalue weighted by molar-refractivity contribution is 0.531. The van der Waals surface area contributed by atoms with Crippen molar-refractivity contribution in [2.75, 3.05) is 0 Å². The van der Waals surface area contributed by atoms with Gasteiger partial charge in [0, 0.05) is 11.0 Å². The van der Waals surface area contributed by atoms with Gasteiger partial charge >= 0.3 is 0 Å². The third-order valence-corrected chi connectivity index (χ3v) is 23.2. The van der Waals surface area contributed by atoms with Crippen molar-refractivity contribution >= 4 is 0 Å². The normalized spacial score (nSPS) is 13.5. The SMILES string of the molecule is CC(C)Cc1cc(CC(C)C)cc(C(C)C)c1.CC(C)Cc1cccc(CC(C)C)c1C(C)C.CC(C)c1c(C(C)(C)C)cc(C(C)(C)C)cc1C(C)(C)C.CC(C)c1c(C(C)(C)C)cccc1C(C)(C)C.Cc1cccc(C)c1C(C)C.[2H]C(C)(C)c1cccc(C(C)(C)C)c1C(C)C.[2H]C([2H])(C)c1cccc(C([2H])([2H])C)c1C(C)C.[2H]C([2H])([2H])c1cc(C)c(C(C)C)c(C)c1. The second-order valence-electron chi connectivity index (χ2n) is 46.8. The highest BCUT2D eigenvalue weighted by molar-refractivity contribution is 5.51. The van der Waals surface area contributed by atoms with Gasteiger partial charge in [-0.05, 0) is 321 Å². The molecule has 0 nitrogen and oxygen atoms in total. The van der Waals surface area contributed by atoms with E-state index in [1.165, 1.54) is 123 Å². The van der Waals surface area contributed by atoms with Crippen LogP contribution in [0.1, 0.15) is 527 Å². The van der Waals surface area contributed by atoms with E-state index < -0.39 is 25.5 Å². The van der Waals surface area contributed by atoms with E-state index in [0.717, 1.165) is 40.4 Å². The summed E-state index contributed by atoms with van der Waals surface area (Å²) in [4.78, 5) is 0. The molecule has 8 rings (SSSR count). The van der Waals surface area contributed by atoms with Gasteiger partial charge in [-0.3, -0.25) is 0 Å². The van der Waals surface area contributed by atoms with Gasteiger partial charge in [0.05, 0.1) is 0 Å². The molecule has 0 saturated carbocycles. The highest BCUT2D eigenvalue weighted by atomic mass is 14.4. The van der Waals surface area contributed by atoms with Crippen LogP contribution in [0.15, 0.2) is 133 Å². The predicted octanol–water partition coefficient (Wildman–Crippen LogP) is 38.8. The molecule has 0 fully saturated rings. The molecule has 8 aromatic carbocycles. The smallest absolute Gasteiger partial charge is 0.0347 e. The Kier molecular flexibility index (Phi) is 41.9. The van der Waals surface area contributed by atoms with Crippen LogP contribution in [0.5, 0.6) is 0 Å². The van der Waals surface area contributed by atoms with Crippen molar-refractivity contribution in [3.63, 3.8) is 0 Å². The van der Waals surface area contributed by atoms with Crippen molar-refractivity contribution in [2.45, 2.75) is 477 Å². The van der Waals surface area contributed by atoms with Crippen LogP contribution in [0.3, 0.4) is 0 Å². The second-order valence-corrected chi connectivity index (χ2v) is 46.8. The fourth-order valence-corrected chi connectivity index (χ4v) is 17.9. The maximum atomic E-state index is 8.31. The Bertz CT molecular complexity index is 4370. The minimum absolute atomic E-state index is 0.103. The Morgan fingerprint density at radius 3 is 0.806 bits per heavy atom. The summed E-state index contributed by atoms with van der Waals surface area (Å²) in [6, 6.07) is 47.5. The topological polar surface area (TPSA) is 0 Å². The average Bonchev–Trinajstić information content (AvgIpc) is 0.761. The number of hydrogen-bond acceptors (Lipinski definition) is 0. The molecule has 0 heteroatoms. The molecule has 0 N–H and O–H groups in total. The molecule has 0 aromatic heterocycles. The van der Waals surface area contributed by atoms with Gasteiger partial charge in [0.1, 0.15) is 0 Å². The van der Waals surface area contributed by atoms with E-state index in [1.807, 2.05) is 41.5 Å². The van der Waals surface area contributed by atoms with Gasteiger partial charge < -0.3 is 0 Å². The molecule has 696 valence electrons. The molecule has 0 aliphatic rings. The van der Waals surface area contributed by atoms with Crippen molar-refractivity contribution < 1.29 is 11.0 Å². The zero-order chi connectivity index (χ0) is 103. The van der Waals surface area contributed by atoms with Gasteiger partial charge in [-0.25, -0.2) is 0 Å². The molecule has 0 bridgehead atoms. The Balaban J connectivity index is 0.000000757. The highest BCUT2D eigenvalue weighted by Gasteiger charge is 2.32. The Morgan fingerprint density at radius 1 is 0.266 bits per heavy atom. The summed E-state index contributed by atoms with van der Waals surface area (Å²) >= 11 is 0. The first kappa shape index (κ1) is 102. The first-order chi connectivity index (χ1) is 59.4. The van der Waals surface area contributed by atoms with Crippen LogP contribution in [0.25, 0.3) is 0 Å². The molecule has 8 aromatic rings. The van der Waals surface area contributed by atoms with Crippen LogP contribution >= 0.6 is 0 Å². The molecule has 0 radical (unpaired) electrons. The van der Waals surface area contributed by atoms with Crippen LogP contribution in [0.2, 0.25) is 0 Å². The molecule has 0 aliphatic carbocycles. The van der Waals surface area contributed by atoms with E-state index in [0.29, 0.717) is 58.1 Å². The van der Waals surface area contributed by atoms with Gasteiger partial charge in [0.2, 0.25) is 0 Å². The van der Waals surface area contributed by atoms with E-state index >= 15 is 0 Å². The molecule has 0 spiro atoms. The minimum atomic E-state index is -2.00. The fraction of sp³-hybridized carbons (Fsp3) is 0.613. The summed E-state index contributed by atoms with van der Waals surface area (Å²) in [5.41, 5.74) is 35.1. The third-order valence-electron chi connectivity index (χ3n) is 23.2. The quantitative estimate of drug-likeness (QED) is 0.0757. The lowest BCUT2D eigenvalue weighted by atomic mass is 9.70. The number of benzene rings is 8. The van der Waals surface area contributed by atoms with E-state index in [4.69, 9.17) is 11.0 Å². The molecular formula is C124H200.